The third-order valence-electron chi connectivity index (χ3n) is 2.53. The zero-order valence-corrected chi connectivity index (χ0v) is 9.47. The van der Waals surface area contributed by atoms with Crippen molar-refractivity contribution in [2.75, 3.05) is 26.0 Å². The third-order valence-corrected chi connectivity index (χ3v) is 3.38. The van der Waals surface area contributed by atoms with Crippen LogP contribution in [0, 0.1) is 5.82 Å². The zero-order valence-electron chi connectivity index (χ0n) is 8.65. The van der Waals surface area contributed by atoms with Crippen LogP contribution in [0.3, 0.4) is 0 Å². The molecule has 0 saturated carbocycles. The van der Waals surface area contributed by atoms with Gasteiger partial charge in [-0.3, -0.25) is 0 Å². The minimum Gasteiger partial charge on any atom is -0.371 e. The van der Waals surface area contributed by atoms with Gasteiger partial charge in [-0.05, 0) is 24.0 Å². The first-order valence-electron chi connectivity index (χ1n) is 4.95. The monoisotopic (exact) mass is 227 g/mol. The number of nitrogens with zero attached hydrogens (tertiary/aromatic N) is 1. The van der Waals surface area contributed by atoms with Crippen LogP contribution < -0.4 is 0 Å². The zero-order chi connectivity index (χ0) is 10.7. The molecule has 15 heavy (non-hydrogen) atoms. The summed E-state index contributed by atoms with van der Waals surface area (Å²) in [5.41, 5.74) is 1.05. The number of ether oxygens (including phenoxy) is 1. The fourth-order valence-corrected chi connectivity index (χ4v) is 2.21. The highest BCUT2D eigenvalue weighted by atomic mass is 32.2. The van der Waals surface area contributed by atoms with Gasteiger partial charge >= 0.3 is 0 Å². The Morgan fingerprint density at radius 1 is 1.40 bits per heavy atom. The van der Waals surface area contributed by atoms with E-state index in [9.17, 15) is 4.39 Å². The van der Waals surface area contributed by atoms with Crippen molar-refractivity contribution >= 4 is 11.9 Å². The van der Waals surface area contributed by atoms with Gasteiger partial charge in [0.2, 0.25) is 0 Å². The van der Waals surface area contributed by atoms with Gasteiger partial charge in [0.15, 0.2) is 0 Å². The summed E-state index contributed by atoms with van der Waals surface area (Å²) >= 11 is 1.73. The molecule has 1 fully saturated rings. The molecule has 1 aliphatic heterocycles. The van der Waals surface area contributed by atoms with Crippen LogP contribution in [0.15, 0.2) is 24.3 Å². The van der Waals surface area contributed by atoms with Crippen LogP contribution >= 0.6 is 11.9 Å². The Bertz CT molecular complexity index is 317. The van der Waals surface area contributed by atoms with Crippen molar-refractivity contribution in [2.45, 2.75) is 6.10 Å². The highest BCUT2D eigenvalue weighted by Gasteiger charge is 2.21. The Morgan fingerprint density at radius 3 is 2.80 bits per heavy atom. The van der Waals surface area contributed by atoms with E-state index in [1.807, 2.05) is 0 Å². The average Bonchev–Trinajstić information content (AvgIpc) is 2.30. The van der Waals surface area contributed by atoms with Crippen molar-refractivity contribution in [3.63, 3.8) is 0 Å². The minimum absolute atomic E-state index is 0.0757. The lowest BCUT2D eigenvalue weighted by molar-refractivity contribution is 0.000654. The van der Waals surface area contributed by atoms with Gasteiger partial charge in [0.05, 0.1) is 12.7 Å². The van der Waals surface area contributed by atoms with Gasteiger partial charge in [-0.15, -0.1) is 0 Å². The minimum atomic E-state index is -0.198. The lowest BCUT2D eigenvalue weighted by Gasteiger charge is -2.31. The first kappa shape index (κ1) is 10.9. The van der Waals surface area contributed by atoms with E-state index in [4.69, 9.17) is 4.74 Å². The number of hydrogen-bond acceptors (Lipinski definition) is 3. The Morgan fingerprint density at radius 2 is 2.13 bits per heavy atom. The summed E-state index contributed by atoms with van der Waals surface area (Å²) in [4.78, 5) is 0. The van der Waals surface area contributed by atoms with Crippen molar-refractivity contribution in [1.82, 2.24) is 4.31 Å². The Balaban J connectivity index is 2.06. The normalized spacial score (nSPS) is 22.9. The van der Waals surface area contributed by atoms with E-state index in [0.717, 1.165) is 25.3 Å². The van der Waals surface area contributed by atoms with Gasteiger partial charge in [-0.1, -0.05) is 24.1 Å². The van der Waals surface area contributed by atoms with Gasteiger partial charge in [-0.2, -0.15) is 0 Å². The van der Waals surface area contributed by atoms with E-state index in [1.165, 1.54) is 12.1 Å². The maximum atomic E-state index is 12.7. The molecule has 1 aromatic carbocycles. The molecule has 4 heteroatoms. The van der Waals surface area contributed by atoms with E-state index in [2.05, 4.69) is 10.6 Å². The maximum Gasteiger partial charge on any atom is 0.123 e. The van der Waals surface area contributed by atoms with E-state index < -0.39 is 0 Å². The summed E-state index contributed by atoms with van der Waals surface area (Å²) < 4.78 is 20.7. The highest BCUT2D eigenvalue weighted by molar-refractivity contribution is 7.96. The predicted molar refractivity (Wildman–Crippen MR) is 60.2 cm³/mol. The molecule has 0 amide bonds. The molecule has 0 aliphatic carbocycles. The van der Waals surface area contributed by atoms with E-state index >= 15 is 0 Å². The second kappa shape index (κ2) is 4.96. The Labute approximate surface area is 93.5 Å². The maximum absolute atomic E-state index is 12.7. The fourth-order valence-electron chi connectivity index (χ4n) is 1.67. The summed E-state index contributed by atoms with van der Waals surface area (Å²) in [6.45, 7) is 2.56. The molecule has 82 valence electrons. The summed E-state index contributed by atoms with van der Waals surface area (Å²) in [7, 11) is 0. The Hall–Kier alpha value is -0.580. The van der Waals surface area contributed by atoms with Crippen LogP contribution in [0.4, 0.5) is 4.39 Å². The van der Waals surface area contributed by atoms with Crippen LogP contribution in [-0.4, -0.2) is 30.3 Å². The number of rotatable bonds is 2. The average molecular weight is 227 g/mol. The van der Waals surface area contributed by atoms with Gasteiger partial charge in [0.25, 0.3) is 0 Å². The van der Waals surface area contributed by atoms with Crippen LogP contribution in [0.2, 0.25) is 0 Å². The molecule has 1 aliphatic rings. The van der Waals surface area contributed by atoms with Crippen LogP contribution in [-0.2, 0) is 4.74 Å². The Kier molecular flexibility index (Phi) is 3.61. The van der Waals surface area contributed by atoms with Crippen molar-refractivity contribution in [3.05, 3.63) is 35.6 Å². The quantitative estimate of drug-likeness (QED) is 0.720. The molecule has 0 N–H and O–H groups in total. The van der Waals surface area contributed by atoms with Gasteiger partial charge < -0.3 is 4.74 Å². The molecule has 0 bridgehead atoms. The number of morpholine rings is 1. The first-order chi connectivity index (χ1) is 7.29. The van der Waals surface area contributed by atoms with Crippen LogP contribution in [0.25, 0.3) is 0 Å². The van der Waals surface area contributed by atoms with E-state index in [0.29, 0.717) is 0 Å². The van der Waals surface area contributed by atoms with E-state index in [-0.39, 0.29) is 11.9 Å². The molecular formula is C11H14FNOS. The summed E-state index contributed by atoms with van der Waals surface area (Å²) in [5, 5.41) is 0. The second-order valence-corrected chi connectivity index (χ2v) is 4.36. The fraction of sp³-hybridized carbons (Fsp3) is 0.455. The molecule has 0 aromatic heterocycles. The largest absolute Gasteiger partial charge is 0.371 e. The van der Waals surface area contributed by atoms with Gasteiger partial charge in [0, 0.05) is 13.1 Å². The van der Waals surface area contributed by atoms with Crippen molar-refractivity contribution < 1.29 is 9.13 Å². The van der Waals surface area contributed by atoms with Crippen molar-refractivity contribution in [3.8, 4) is 0 Å². The molecule has 1 aromatic rings. The molecule has 1 saturated heterocycles. The number of hydrogen-bond donors (Lipinski definition) is 0. The molecule has 1 atom stereocenters. The molecule has 1 unspecified atom stereocenters. The molecule has 2 rings (SSSR count). The number of halogens is 1. The van der Waals surface area contributed by atoms with Crippen molar-refractivity contribution in [2.24, 2.45) is 0 Å². The molecule has 1 heterocycles. The summed E-state index contributed by atoms with van der Waals surface area (Å²) in [5.74, 6) is -0.198. The van der Waals surface area contributed by atoms with Crippen LogP contribution in [0.1, 0.15) is 11.7 Å². The van der Waals surface area contributed by atoms with Gasteiger partial charge in [0.1, 0.15) is 5.82 Å². The topological polar surface area (TPSA) is 12.5 Å². The second-order valence-electron chi connectivity index (χ2n) is 3.48. The van der Waals surface area contributed by atoms with E-state index in [1.54, 1.807) is 24.1 Å². The first-order valence-corrected chi connectivity index (χ1v) is 6.14. The molecule has 0 radical (unpaired) electrons. The molecular weight excluding hydrogens is 213 g/mol. The number of benzene rings is 1. The van der Waals surface area contributed by atoms with Crippen molar-refractivity contribution in [1.29, 1.82) is 0 Å². The molecule has 2 nitrogen and oxygen atoms in total. The van der Waals surface area contributed by atoms with Gasteiger partial charge in [-0.25, -0.2) is 8.70 Å². The van der Waals surface area contributed by atoms with Crippen LogP contribution in [0.5, 0.6) is 0 Å². The SMILES string of the molecule is CSN1CCOC(c2ccc(F)cc2)C1. The third kappa shape index (κ3) is 2.71. The standard InChI is InChI=1S/C11H14FNOS/c1-15-13-6-7-14-11(8-13)9-2-4-10(12)5-3-9/h2-5,11H,6-8H2,1H3. The lowest BCUT2D eigenvalue weighted by atomic mass is 10.1. The molecule has 0 spiro atoms. The predicted octanol–water partition coefficient (Wildman–Crippen LogP) is 2.48. The summed E-state index contributed by atoms with van der Waals surface area (Å²) in [6, 6.07) is 6.56. The highest BCUT2D eigenvalue weighted by Crippen LogP contribution is 2.24. The summed E-state index contributed by atoms with van der Waals surface area (Å²) in [6.07, 6.45) is 2.14. The lowest BCUT2D eigenvalue weighted by Crippen LogP contribution is -2.33. The smallest absolute Gasteiger partial charge is 0.123 e.